The zero-order valence-electron chi connectivity index (χ0n) is 8.89. The van der Waals surface area contributed by atoms with Crippen molar-refractivity contribution in [3.8, 4) is 0 Å². The molecule has 1 aromatic carbocycles. The van der Waals surface area contributed by atoms with Crippen molar-refractivity contribution in [1.82, 2.24) is 0 Å². The van der Waals surface area contributed by atoms with Gasteiger partial charge in [-0.15, -0.1) is 0 Å². The average molecular weight is 296 g/mol. The Kier molecular flexibility index (Phi) is 5.22. The predicted octanol–water partition coefficient (Wildman–Crippen LogP) is 1.16. The smallest absolute Gasteiger partial charge is 0.265 e. The summed E-state index contributed by atoms with van der Waals surface area (Å²) in [4.78, 5) is 9.74. The molecule has 0 amide bonds. The first-order valence-corrected chi connectivity index (χ1v) is 9.32. The van der Waals surface area contributed by atoms with Crippen molar-refractivity contribution >= 4 is 34.6 Å². The molecule has 2 N–H and O–H groups in total. The number of hydrogen-bond acceptors (Lipinski definition) is 4. The summed E-state index contributed by atoms with van der Waals surface area (Å²) in [6.45, 7) is 0. The number of rotatable bonds is 6. The number of thioether (sulfide) groups is 1. The molecule has 0 aliphatic rings. The molecular formula is C9H13O5PS2. The molecule has 5 nitrogen and oxygen atoms in total. The van der Waals surface area contributed by atoms with Crippen LogP contribution in [-0.4, -0.2) is 34.9 Å². The summed E-state index contributed by atoms with van der Waals surface area (Å²) in [6, 6.07) is 8.20. The molecule has 0 radical (unpaired) electrons. The summed E-state index contributed by atoms with van der Waals surface area (Å²) in [5, 5.41) is 0.347. The summed E-state index contributed by atoms with van der Waals surface area (Å²) >= 11 is 1.03. The van der Waals surface area contributed by atoms with Crippen molar-refractivity contribution in [2.75, 3.05) is 17.0 Å². The Balaban J connectivity index is 2.49. The molecule has 1 rings (SSSR count). The number of benzene rings is 1. The summed E-state index contributed by atoms with van der Waals surface area (Å²) in [7, 11) is -7.44. The van der Waals surface area contributed by atoms with Crippen LogP contribution in [0.4, 0.5) is 0 Å². The van der Waals surface area contributed by atoms with E-state index < -0.39 is 23.2 Å². The largest absolute Gasteiger partial charge is 0.341 e. The molecule has 1 atom stereocenters. The van der Waals surface area contributed by atoms with Crippen molar-refractivity contribution in [3.63, 3.8) is 0 Å². The van der Waals surface area contributed by atoms with Crippen molar-refractivity contribution in [3.05, 3.63) is 30.3 Å². The Labute approximate surface area is 104 Å². The zero-order valence-corrected chi connectivity index (χ0v) is 11.4. The van der Waals surface area contributed by atoms with E-state index in [4.69, 9.17) is 4.55 Å². The monoisotopic (exact) mass is 296 g/mol. The molecule has 17 heavy (non-hydrogen) atoms. The third-order valence-electron chi connectivity index (χ3n) is 1.91. The van der Waals surface area contributed by atoms with Crippen LogP contribution in [0.15, 0.2) is 30.3 Å². The lowest BCUT2D eigenvalue weighted by Gasteiger charge is -2.10. The maximum Gasteiger partial charge on any atom is 0.265 e. The number of hydrogen-bond donors (Lipinski definition) is 2. The second-order valence-electron chi connectivity index (χ2n) is 3.36. The van der Waals surface area contributed by atoms with Crippen LogP contribution in [0.2, 0.25) is 0 Å². The van der Waals surface area contributed by atoms with Crippen LogP contribution < -0.4 is 5.30 Å². The van der Waals surface area contributed by atoms with Crippen molar-refractivity contribution in [1.29, 1.82) is 0 Å². The fraction of sp³-hybridized carbons (Fsp3) is 0.333. The van der Waals surface area contributed by atoms with Gasteiger partial charge in [-0.05, 0) is 12.1 Å². The third-order valence-corrected chi connectivity index (χ3v) is 6.62. The van der Waals surface area contributed by atoms with Crippen LogP contribution in [-0.2, 0) is 14.7 Å². The van der Waals surface area contributed by atoms with Crippen LogP contribution in [0.1, 0.15) is 0 Å². The topological polar surface area (TPSA) is 91.7 Å². The second-order valence-corrected chi connectivity index (χ2v) is 8.70. The summed E-state index contributed by atoms with van der Waals surface area (Å²) in [5.41, 5.74) is -0.0630. The lowest BCUT2D eigenvalue weighted by atomic mass is 10.4. The van der Waals surface area contributed by atoms with E-state index in [1.54, 1.807) is 30.3 Å². The van der Waals surface area contributed by atoms with E-state index in [0.29, 0.717) is 5.30 Å². The Morgan fingerprint density at radius 2 is 1.82 bits per heavy atom. The minimum atomic E-state index is -4.00. The predicted molar refractivity (Wildman–Crippen MR) is 69.6 cm³/mol. The van der Waals surface area contributed by atoms with Gasteiger partial charge < -0.3 is 4.89 Å². The van der Waals surface area contributed by atoms with Gasteiger partial charge in [0.25, 0.3) is 10.1 Å². The highest BCUT2D eigenvalue weighted by Gasteiger charge is 2.20. The molecule has 1 aromatic rings. The van der Waals surface area contributed by atoms with Gasteiger partial charge in [0.2, 0.25) is 7.37 Å². The van der Waals surface area contributed by atoms with Gasteiger partial charge in [0.15, 0.2) is 0 Å². The zero-order chi connectivity index (χ0) is 12.9. The minimum Gasteiger partial charge on any atom is -0.341 e. The van der Waals surface area contributed by atoms with Crippen molar-refractivity contribution in [2.24, 2.45) is 0 Å². The lowest BCUT2D eigenvalue weighted by Crippen LogP contribution is -2.08. The van der Waals surface area contributed by atoms with Gasteiger partial charge in [0.1, 0.15) is 0 Å². The second kappa shape index (κ2) is 6.02. The molecule has 0 saturated carbocycles. The average Bonchev–Trinajstić information content (AvgIpc) is 2.25. The SMILES string of the molecule is O=P(O)(CSCCS(=O)(=O)O)c1ccccc1. The van der Waals surface area contributed by atoms with E-state index in [-0.39, 0.29) is 11.2 Å². The molecule has 0 heterocycles. The normalized spacial score (nSPS) is 15.4. The van der Waals surface area contributed by atoms with Crippen molar-refractivity contribution < 1.29 is 22.4 Å². The molecular weight excluding hydrogens is 283 g/mol. The van der Waals surface area contributed by atoms with Crippen LogP contribution >= 0.6 is 19.1 Å². The Bertz CT molecular complexity index is 499. The van der Waals surface area contributed by atoms with Crippen molar-refractivity contribution in [2.45, 2.75) is 0 Å². The van der Waals surface area contributed by atoms with Gasteiger partial charge in [-0.2, -0.15) is 20.2 Å². The Morgan fingerprint density at radius 1 is 1.24 bits per heavy atom. The summed E-state index contributed by atoms with van der Waals surface area (Å²) in [5.74, 6) is -0.317. The van der Waals surface area contributed by atoms with E-state index in [9.17, 15) is 17.9 Å². The fourth-order valence-electron chi connectivity index (χ4n) is 1.09. The third kappa shape index (κ3) is 5.70. The van der Waals surface area contributed by atoms with E-state index in [2.05, 4.69) is 0 Å². The molecule has 0 aliphatic carbocycles. The van der Waals surface area contributed by atoms with Gasteiger partial charge in [-0.1, -0.05) is 18.2 Å². The Hall–Kier alpha value is -0.330. The van der Waals surface area contributed by atoms with Gasteiger partial charge in [0.05, 0.1) is 11.2 Å². The minimum absolute atomic E-state index is 0.0630. The molecule has 0 aromatic heterocycles. The first-order chi connectivity index (χ1) is 7.81. The highest BCUT2D eigenvalue weighted by molar-refractivity contribution is 8.06. The maximum absolute atomic E-state index is 11.9. The van der Waals surface area contributed by atoms with Crippen LogP contribution in [0.5, 0.6) is 0 Å². The highest BCUT2D eigenvalue weighted by atomic mass is 32.2. The van der Waals surface area contributed by atoms with E-state index >= 15 is 0 Å². The van der Waals surface area contributed by atoms with Gasteiger partial charge >= 0.3 is 0 Å². The molecule has 0 aliphatic heterocycles. The molecule has 1 unspecified atom stereocenters. The van der Waals surface area contributed by atoms with Gasteiger partial charge in [0, 0.05) is 11.1 Å². The van der Waals surface area contributed by atoms with E-state index in [0.717, 1.165) is 11.8 Å². The first-order valence-electron chi connectivity index (χ1n) is 4.72. The highest BCUT2D eigenvalue weighted by Crippen LogP contribution is 2.42. The quantitative estimate of drug-likeness (QED) is 0.465. The van der Waals surface area contributed by atoms with Crippen LogP contribution in [0.25, 0.3) is 0 Å². The van der Waals surface area contributed by atoms with E-state index in [1.807, 2.05) is 0 Å². The molecule has 96 valence electrons. The lowest BCUT2D eigenvalue weighted by molar-refractivity contribution is 0.484. The molecule has 0 spiro atoms. The summed E-state index contributed by atoms with van der Waals surface area (Å²) in [6.07, 6.45) is 0. The molecule has 0 fully saturated rings. The fourth-order valence-corrected chi connectivity index (χ4v) is 5.14. The van der Waals surface area contributed by atoms with Crippen LogP contribution in [0.3, 0.4) is 0 Å². The standard InChI is InChI=1S/C9H13O5PS2/c10-15(11,9-4-2-1-3-5-9)8-16-6-7-17(12,13)14/h1-5H,6-8H2,(H,10,11)(H,12,13,14). The van der Waals surface area contributed by atoms with E-state index in [1.165, 1.54) is 0 Å². The van der Waals surface area contributed by atoms with Gasteiger partial charge in [-0.25, -0.2) is 0 Å². The molecule has 8 heteroatoms. The molecule has 0 saturated heterocycles. The summed E-state index contributed by atoms with van der Waals surface area (Å²) < 4.78 is 41.2. The maximum atomic E-state index is 11.9. The van der Waals surface area contributed by atoms with Crippen LogP contribution in [0, 0.1) is 0 Å². The van der Waals surface area contributed by atoms with Gasteiger partial charge in [-0.3, -0.25) is 9.12 Å². The Morgan fingerprint density at radius 3 is 2.35 bits per heavy atom. The first kappa shape index (κ1) is 14.7. The molecule has 0 bridgehead atoms.